The van der Waals surface area contributed by atoms with Crippen LogP contribution in [-0.4, -0.2) is 40.6 Å². The third kappa shape index (κ3) is 2.87. The summed E-state index contributed by atoms with van der Waals surface area (Å²) < 4.78 is 5.51. The van der Waals surface area contributed by atoms with Crippen molar-refractivity contribution in [2.24, 2.45) is 5.92 Å². The summed E-state index contributed by atoms with van der Waals surface area (Å²) in [5.41, 5.74) is 0.755. The average molecular weight is 344 g/mol. The highest BCUT2D eigenvalue weighted by molar-refractivity contribution is 9.10. The smallest absolute Gasteiger partial charge is 0.308 e. The van der Waals surface area contributed by atoms with Crippen molar-refractivity contribution >= 4 is 27.8 Å². The van der Waals surface area contributed by atoms with Gasteiger partial charge < -0.3 is 19.8 Å². The summed E-state index contributed by atoms with van der Waals surface area (Å²) in [7, 11) is 1.44. The van der Waals surface area contributed by atoms with Crippen LogP contribution in [0, 0.1) is 5.92 Å². The van der Waals surface area contributed by atoms with Crippen molar-refractivity contribution < 1.29 is 24.5 Å². The Labute approximate surface area is 124 Å². The summed E-state index contributed by atoms with van der Waals surface area (Å²) in [6.07, 6.45) is 0.0335. The number of phenols is 1. The normalized spacial score (nSPS) is 18.4. The number of likely N-dealkylation sites (tertiary alicyclic amines) is 1. The molecule has 0 aliphatic carbocycles. The van der Waals surface area contributed by atoms with Gasteiger partial charge in [-0.15, -0.1) is 0 Å². The maximum absolute atomic E-state index is 11.8. The molecule has 1 amide bonds. The van der Waals surface area contributed by atoms with E-state index in [0.29, 0.717) is 10.2 Å². The molecular formula is C13H14BrNO5. The second-order valence-electron chi connectivity index (χ2n) is 4.64. The Morgan fingerprint density at radius 2 is 2.25 bits per heavy atom. The van der Waals surface area contributed by atoms with Gasteiger partial charge in [-0.3, -0.25) is 9.59 Å². The summed E-state index contributed by atoms with van der Waals surface area (Å²) in [4.78, 5) is 24.2. The number of rotatable bonds is 4. The molecule has 1 aromatic rings. The van der Waals surface area contributed by atoms with E-state index in [9.17, 15) is 14.7 Å². The van der Waals surface area contributed by atoms with Gasteiger partial charge in [-0.2, -0.15) is 0 Å². The van der Waals surface area contributed by atoms with Gasteiger partial charge in [0.25, 0.3) is 0 Å². The SMILES string of the molecule is COc1cc(CN2C[C@@H](C(=O)O)CC2=O)cc(Br)c1O. The lowest BCUT2D eigenvalue weighted by Crippen LogP contribution is -2.25. The fraction of sp³-hybridized carbons (Fsp3) is 0.385. The maximum atomic E-state index is 11.8. The first kappa shape index (κ1) is 14.6. The van der Waals surface area contributed by atoms with Crippen molar-refractivity contribution in [1.29, 1.82) is 0 Å². The molecule has 1 aromatic carbocycles. The molecule has 1 saturated heterocycles. The quantitative estimate of drug-likeness (QED) is 0.866. The van der Waals surface area contributed by atoms with Gasteiger partial charge in [0.15, 0.2) is 11.5 Å². The van der Waals surface area contributed by atoms with E-state index in [1.807, 2.05) is 0 Å². The third-order valence-electron chi connectivity index (χ3n) is 3.25. The largest absolute Gasteiger partial charge is 0.503 e. The molecule has 1 aliphatic heterocycles. The van der Waals surface area contributed by atoms with Crippen LogP contribution >= 0.6 is 15.9 Å². The molecule has 108 valence electrons. The predicted octanol–water partition coefficient (Wildman–Crippen LogP) is 1.60. The van der Waals surface area contributed by atoms with Crippen molar-refractivity contribution in [2.45, 2.75) is 13.0 Å². The van der Waals surface area contributed by atoms with E-state index >= 15 is 0 Å². The molecule has 0 radical (unpaired) electrons. The Morgan fingerprint density at radius 1 is 1.55 bits per heavy atom. The maximum Gasteiger partial charge on any atom is 0.308 e. The minimum absolute atomic E-state index is 0.00703. The Kier molecular flexibility index (Phi) is 4.17. The first-order chi connectivity index (χ1) is 9.42. The zero-order valence-corrected chi connectivity index (χ0v) is 12.4. The highest BCUT2D eigenvalue weighted by atomic mass is 79.9. The minimum atomic E-state index is -0.953. The number of ether oxygens (including phenoxy) is 1. The second-order valence-corrected chi connectivity index (χ2v) is 5.50. The lowest BCUT2D eigenvalue weighted by Gasteiger charge is -2.17. The van der Waals surface area contributed by atoms with Crippen molar-refractivity contribution in [3.63, 3.8) is 0 Å². The first-order valence-electron chi connectivity index (χ1n) is 5.98. The van der Waals surface area contributed by atoms with Crippen LogP contribution in [0.2, 0.25) is 0 Å². The summed E-state index contributed by atoms with van der Waals surface area (Å²) in [6, 6.07) is 3.31. The molecule has 0 bridgehead atoms. The van der Waals surface area contributed by atoms with Gasteiger partial charge in [0.1, 0.15) is 0 Å². The van der Waals surface area contributed by atoms with Crippen LogP contribution in [0.3, 0.4) is 0 Å². The first-order valence-corrected chi connectivity index (χ1v) is 6.77. The minimum Gasteiger partial charge on any atom is -0.503 e. The van der Waals surface area contributed by atoms with Crippen LogP contribution in [0.5, 0.6) is 11.5 Å². The molecule has 1 aliphatic rings. The number of methoxy groups -OCH3 is 1. The molecule has 2 rings (SSSR count). The van der Waals surface area contributed by atoms with Crippen molar-refractivity contribution in [1.82, 2.24) is 4.90 Å². The number of amides is 1. The lowest BCUT2D eigenvalue weighted by molar-refractivity contribution is -0.141. The molecule has 1 heterocycles. The number of benzene rings is 1. The standard InChI is InChI=1S/C13H14BrNO5/c1-20-10-3-7(2-9(14)12(10)17)5-15-6-8(13(18)19)4-11(15)16/h2-3,8,17H,4-6H2,1H3,(H,18,19)/t8-/m0/s1. The number of aliphatic carboxylic acids is 1. The van der Waals surface area contributed by atoms with Crippen molar-refractivity contribution in [3.8, 4) is 11.5 Å². The Bertz CT molecular complexity index is 560. The van der Waals surface area contributed by atoms with Crippen LogP contribution in [0.15, 0.2) is 16.6 Å². The van der Waals surface area contributed by atoms with Crippen molar-refractivity contribution in [3.05, 3.63) is 22.2 Å². The van der Waals surface area contributed by atoms with Gasteiger partial charge in [-0.25, -0.2) is 0 Å². The topological polar surface area (TPSA) is 87.1 Å². The number of carbonyl (C=O) groups is 2. The highest BCUT2D eigenvalue weighted by Crippen LogP contribution is 2.35. The number of aromatic hydroxyl groups is 1. The molecule has 20 heavy (non-hydrogen) atoms. The number of hydrogen-bond donors (Lipinski definition) is 2. The Balaban J connectivity index is 2.17. The van der Waals surface area contributed by atoms with Crippen LogP contribution in [0.4, 0.5) is 0 Å². The summed E-state index contributed by atoms with van der Waals surface area (Å²) in [6.45, 7) is 0.493. The molecule has 0 aromatic heterocycles. The fourth-order valence-corrected chi connectivity index (χ4v) is 2.67. The molecular weight excluding hydrogens is 330 g/mol. The number of carboxylic acids is 1. The van der Waals surface area contributed by atoms with E-state index in [0.717, 1.165) is 5.56 Å². The van der Waals surface area contributed by atoms with Gasteiger partial charge in [-0.1, -0.05) is 0 Å². The van der Waals surface area contributed by atoms with E-state index in [1.54, 1.807) is 12.1 Å². The summed E-state index contributed by atoms with van der Waals surface area (Å²) in [5.74, 6) is -1.49. The molecule has 0 saturated carbocycles. The number of nitrogens with zero attached hydrogens (tertiary/aromatic N) is 1. The lowest BCUT2D eigenvalue weighted by atomic mass is 10.1. The number of phenolic OH excluding ortho intramolecular Hbond substituents is 1. The third-order valence-corrected chi connectivity index (χ3v) is 3.85. The Morgan fingerprint density at radius 3 is 2.80 bits per heavy atom. The second kappa shape index (κ2) is 5.70. The molecule has 2 N–H and O–H groups in total. The molecule has 0 unspecified atom stereocenters. The van der Waals surface area contributed by atoms with Crippen molar-refractivity contribution in [2.75, 3.05) is 13.7 Å². The number of carboxylic acid groups (broad SMARTS) is 1. The number of hydrogen-bond acceptors (Lipinski definition) is 4. The van der Waals surface area contributed by atoms with Gasteiger partial charge in [0.2, 0.25) is 5.91 Å². The number of halogens is 1. The van der Waals surface area contributed by atoms with Crippen LogP contribution in [0.1, 0.15) is 12.0 Å². The highest BCUT2D eigenvalue weighted by Gasteiger charge is 2.34. The van der Waals surface area contributed by atoms with E-state index in [-0.39, 0.29) is 31.2 Å². The summed E-state index contributed by atoms with van der Waals surface area (Å²) in [5, 5.41) is 18.7. The van der Waals surface area contributed by atoms with Gasteiger partial charge >= 0.3 is 5.97 Å². The van der Waals surface area contributed by atoms with Gasteiger partial charge in [0.05, 0.1) is 17.5 Å². The molecule has 6 nitrogen and oxygen atoms in total. The molecule has 1 fully saturated rings. The van der Waals surface area contributed by atoms with E-state index in [2.05, 4.69) is 15.9 Å². The van der Waals surface area contributed by atoms with E-state index in [4.69, 9.17) is 9.84 Å². The molecule has 7 heteroatoms. The average Bonchev–Trinajstić information content (AvgIpc) is 2.75. The molecule has 1 atom stereocenters. The van der Waals surface area contributed by atoms with Gasteiger partial charge in [0, 0.05) is 19.5 Å². The number of carbonyl (C=O) groups excluding carboxylic acids is 1. The summed E-state index contributed by atoms with van der Waals surface area (Å²) >= 11 is 3.21. The van der Waals surface area contributed by atoms with E-state index in [1.165, 1.54) is 12.0 Å². The van der Waals surface area contributed by atoms with Crippen LogP contribution in [-0.2, 0) is 16.1 Å². The predicted molar refractivity (Wildman–Crippen MR) is 73.5 cm³/mol. The zero-order chi connectivity index (χ0) is 14.9. The fourth-order valence-electron chi connectivity index (χ4n) is 2.18. The monoisotopic (exact) mass is 343 g/mol. The van der Waals surface area contributed by atoms with E-state index < -0.39 is 11.9 Å². The zero-order valence-electron chi connectivity index (χ0n) is 10.8. The van der Waals surface area contributed by atoms with Gasteiger partial charge in [-0.05, 0) is 33.6 Å². The van der Waals surface area contributed by atoms with Crippen LogP contribution < -0.4 is 4.74 Å². The van der Waals surface area contributed by atoms with Crippen LogP contribution in [0.25, 0.3) is 0 Å². The Hall–Kier alpha value is -1.76. The molecule has 0 spiro atoms.